The van der Waals surface area contributed by atoms with Crippen molar-refractivity contribution in [3.63, 3.8) is 0 Å². The van der Waals surface area contributed by atoms with Crippen molar-refractivity contribution in [3.8, 4) is 0 Å². The minimum absolute atomic E-state index is 0.0730. The standard InChI is InChI=1S/C11H11F2N3O2S/c1-6-11(7(2)15-14-6)19(17,18)16-9-5-3-4-8(12)10(9)13/h3-5,16H,1-2H3,(H,14,15). The second-order valence-electron chi connectivity index (χ2n) is 3.97. The van der Waals surface area contributed by atoms with E-state index in [0.29, 0.717) is 5.69 Å². The summed E-state index contributed by atoms with van der Waals surface area (Å²) in [7, 11) is -4.02. The second-order valence-corrected chi connectivity index (χ2v) is 5.59. The van der Waals surface area contributed by atoms with Crippen LogP contribution in [0.5, 0.6) is 0 Å². The first-order chi connectivity index (χ1) is 8.83. The van der Waals surface area contributed by atoms with Crippen LogP contribution >= 0.6 is 0 Å². The van der Waals surface area contributed by atoms with Crippen LogP contribution in [0, 0.1) is 25.5 Å². The summed E-state index contributed by atoms with van der Waals surface area (Å²) in [6.45, 7) is 3.02. The van der Waals surface area contributed by atoms with Gasteiger partial charge in [-0.1, -0.05) is 6.07 Å². The van der Waals surface area contributed by atoms with Gasteiger partial charge in [-0.05, 0) is 26.0 Å². The smallest absolute Gasteiger partial charge is 0.265 e. The Labute approximate surface area is 108 Å². The molecule has 0 amide bonds. The van der Waals surface area contributed by atoms with Gasteiger partial charge in [0.05, 0.1) is 17.1 Å². The van der Waals surface area contributed by atoms with E-state index in [0.717, 1.165) is 12.1 Å². The average molecular weight is 287 g/mol. The highest BCUT2D eigenvalue weighted by Crippen LogP contribution is 2.23. The zero-order valence-corrected chi connectivity index (χ0v) is 11.0. The van der Waals surface area contributed by atoms with Crippen molar-refractivity contribution < 1.29 is 17.2 Å². The summed E-state index contributed by atoms with van der Waals surface area (Å²) < 4.78 is 52.7. The average Bonchev–Trinajstić information content (AvgIpc) is 2.65. The molecule has 2 aromatic rings. The first-order valence-corrected chi connectivity index (χ1v) is 6.79. The molecule has 0 aliphatic rings. The number of aromatic nitrogens is 2. The van der Waals surface area contributed by atoms with Gasteiger partial charge in [-0.2, -0.15) is 5.10 Å². The Balaban J connectivity index is 2.46. The monoisotopic (exact) mass is 287 g/mol. The molecule has 0 saturated heterocycles. The van der Waals surface area contributed by atoms with Gasteiger partial charge in [0.2, 0.25) is 0 Å². The van der Waals surface area contributed by atoms with Gasteiger partial charge in [-0.15, -0.1) is 0 Å². The molecule has 0 fully saturated rings. The first-order valence-electron chi connectivity index (χ1n) is 5.31. The van der Waals surface area contributed by atoms with Gasteiger partial charge >= 0.3 is 0 Å². The van der Waals surface area contributed by atoms with Gasteiger partial charge in [0.25, 0.3) is 10.0 Å². The van der Waals surface area contributed by atoms with Crippen LogP contribution in [-0.2, 0) is 10.0 Å². The molecule has 2 N–H and O–H groups in total. The largest absolute Gasteiger partial charge is 0.281 e. The van der Waals surface area contributed by atoms with E-state index >= 15 is 0 Å². The maximum atomic E-state index is 13.4. The highest BCUT2D eigenvalue weighted by Gasteiger charge is 2.23. The molecule has 1 heterocycles. The van der Waals surface area contributed by atoms with Crippen LogP contribution in [-0.4, -0.2) is 18.6 Å². The number of rotatable bonds is 3. The van der Waals surface area contributed by atoms with Crippen molar-refractivity contribution in [2.45, 2.75) is 18.7 Å². The number of hydrogen-bond acceptors (Lipinski definition) is 3. The minimum atomic E-state index is -4.02. The molecule has 0 aliphatic carbocycles. The van der Waals surface area contributed by atoms with Crippen molar-refractivity contribution in [1.82, 2.24) is 10.2 Å². The maximum absolute atomic E-state index is 13.4. The summed E-state index contributed by atoms with van der Waals surface area (Å²) in [5.41, 5.74) is 0.128. The number of H-pyrrole nitrogens is 1. The van der Waals surface area contributed by atoms with E-state index in [1.807, 2.05) is 4.72 Å². The van der Waals surface area contributed by atoms with Crippen LogP contribution in [0.1, 0.15) is 11.4 Å². The van der Waals surface area contributed by atoms with Crippen molar-refractivity contribution in [1.29, 1.82) is 0 Å². The van der Waals surface area contributed by atoms with Crippen molar-refractivity contribution in [3.05, 3.63) is 41.2 Å². The predicted molar refractivity (Wildman–Crippen MR) is 65.2 cm³/mol. The molecule has 0 spiro atoms. The van der Waals surface area contributed by atoms with E-state index in [4.69, 9.17) is 0 Å². The summed E-state index contributed by atoms with van der Waals surface area (Å²) in [4.78, 5) is -0.0730. The van der Waals surface area contributed by atoms with Gasteiger partial charge in [-0.25, -0.2) is 17.2 Å². The summed E-state index contributed by atoms with van der Waals surface area (Å²) in [6, 6.07) is 3.26. The fraction of sp³-hybridized carbons (Fsp3) is 0.182. The van der Waals surface area contributed by atoms with E-state index in [1.165, 1.54) is 19.9 Å². The van der Waals surface area contributed by atoms with Gasteiger partial charge in [0.15, 0.2) is 11.6 Å². The molecule has 1 aromatic carbocycles. The van der Waals surface area contributed by atoms with E-state index in [2.05, 4.69) is 10.2 Å². The number of aryl methyl sites for hydroxylation is 2. The van der Waals surface area contributed by atoms with E-state index in [-0.39, 0.29) is 10.6 Å². The van der Waals surface area contributed by atoms with Crippen LogP contribution < -0.4 is 4.72 Å². The number of sulfonamides is 1. The zero-order chi connectivity index (χ0) is 14.2. The molecule has 0 saturated carbocycles. The summed E-state index contributed by atoms with van der Waals surface area (Å²) >= 11 is 0. The summed E-state index contributed by atoms with van der Waals surface area (Å²) in [6.07, 6.45) is 0. The van der Waals surface area contributed by atoms with Crippen LogP contribution in [0.2, 0.25) is 0 Å². The summed E-state index contributed by atoms with van der Waals surface area (Å²) in [5, 5.41) is 6.27. The molecule has 102 valence electrons. The Morgan fingerprint density at radius 2 is 1.95 bits per heavy atom. The lowest BCUT2D eigenvalue weighted by Gasteiger charge is -2.09. The number of hydrogen-bond donors (Lipinski definition) is 2. The van der Waals surface area contributed by atoms with Crippen molar-refractivity contribution >= 4 is 15.7 Å². The normalized spacial score (nSPS) is 11.6. The first kappa shape index (κ1) is 13.5. The van der Waals surface area contributed by atoms with Crippen molar-refractivity contribution in [2.75, 3.05) is 4.72 Å². The fourth-order valence-electron chi connectivity index (χ4n) is 1.72. The molecule has 0 aliphatic heterocycles. The summed E-state index contributed by atoms with van der Waals surface area (Å²) in [5.74, 6) is -2.37. The highest BCUT2D eigenvalue weighted by atomic mass is 32.2. The lowest BCUT2D eigenvalue weighted by Crippen LogP contribution is -2.15. The minimum Gasteiger partial charge on any atom is -0.281 e. The van der Waals surface area contributed by atoms with Gasteiger partial charge in [0.1, 0.15) is 4.90 Å². The molecule has 19 heavy (non-hydrogen) atoms. The molecule has 0 unspecified atom stereocenters. The third kappa shape index (κ3) is 2.43. The second kappa shape index (κ2) is 4.61. The Bertz CT molecular complexity index is 706. The van der Waals surface area contributed by atoms with E-state index in [1.54, 1.807) is 0 Å². The third-order valence-corrected chi connectivity index (χ3v) is 4.15. The number of anilines is 1. The number of nitrogens with zero attached hydrogens (tertiary/aromatic N) is 1. The molecule has 1 aromatic heterocycles. The molecule has 2 rings (SSSR count). The molecular formula is C11H11F2N3O2S. The Morgan fingerprint density at radius 1 is 1.26 bits per heavy atom. The topological polar surface area (TPSA) is 74.8 Å². The van der Waals surface area contributed by atoms with Crippen LogP contribution in [0.3, 0.4) is 0 Å². The van der Waals surface area contributed by atoms with Gasteiger partial charge in [0, 0.05) is 0 Å². The predicted octanol–water partition coefficient (Wildman–Crippen LogP) is 2.11. The number of aromatic amines is 1. The SMILES string of the molecule is Cc1n[nH]c(C)c1S(=O)(=O)Nc1cccc(F)c1F. The maximum Gasteiger partial charge on any atom is 0.265 e. The van der Waals surface area contributed by atoms with E-state index in [9.17, 15) is 17.2 Å². The van der Waals surface area contributed by atoms with Gasteiger partial charge < -0.3 is 0 Å². The van der Waals surface area contributed by atoms with Gasteiger partial charge in [-0.3, -0.25) is 9.82 Å². The molecule has 0 radical (unpaired) electrons. The zero-order valence-electron chi connectivity index (χ0n) is 10.2. The quantitative estimate of drug-likeness (QED) is 0.907. The Hall–Kier alpha value is -1.96. The number of halogens is 2. The molecule has 0 atom stereocenters. The fourth-order valence-corrected chi connectivity index (χ4v) is 3.15. The van der Waals surface area contributed by atoms with E-state index < -0.39 is 27.3 Å². The van der Waals surface area contributed by atoms with Crippen LogP contribution in [0.25, 0.3) is 0 Å². The highest BCUT2D eigenvalue weighted by molar-refractivity contribution is 7.92. The van der Waals surface area contributed by atoms with Crippen LogP contribution in [0.15, 0.2) is 23.1 Å². The molecule has 5 nitrogen and oxygen atoms in total. The van der Waals surface area contributed by atoms with Crippen LogP contribution in [0.4, 0.5) is 14.5 Å². The Morgan fingerprint density at radius 3 is 2.53 bits per heavy atom. The lowest BCUT2D eigenvalue weighted by molar-refractivity contribution is 0.511. The molecule has 0 bridgehead atoms. The van der Waals surface area contributed by atoms with Crippen molar-refractivity contribution in [2.24, 2.45) is 0 Å². The number of nitrogens with one attached hydrogen (secondary N) is 2. The molecule has 8 heteroatoms. The lowest BCUT2D eigenvalue weighted by atomic mass is 10.3. The number of benzene rings is 1. The Kier molecular flexibility index (Phi) is 3.27. The third-order valence-electron chi connectivity index (χ3n) is 2.53. The molecular weight excluding hydrogens is 276 g/mol.